The number of ether oxygens (including phenoxy) is 1. The van der Waals surface area contributed by atoms with Crippen molar-refractivity contribution in [3.8, 4) is 0 Å². The Morgan fingerprint density at radius 1 is 1.50 bits per heavy atom. The molecule has 18 heavy (non-hydrogen) atoms. The Hall–Kier alpha value is -1.27. The van der Waals surface area contributed by atoms with Gasteiger partial charge in [0.1, 0.15) is 5.69 Å². The molecule has 0 aliphatic carbocycles. The molecule has 0 bridgehead atoms. The molecule has 1 aliphatic heterocycles. The highest BCUT2D eigenvalue weighted by Crippen LogP contribution is 2.27. The summed E-state index contributed by atoms with van der Waals surface area (Å²) in [6, 6.07) is 1.86. The van der Waals surface area contributed by atoms with E-state index in [1.807, 2.05) is 6.07 Å². The molecule has 94 valence electrons. The second kappa shape index (κ2) is 4.78. The lowest BCUT2D eigenvalue weighted by molar-refractivity contribution is -0.0370. The van der Waals surface area contributed by atoms with Crippen LogP contribution in [0.5, 0.6) is 0 Å². The van der Waals surface area contributed by atoms with Gasteiger partial charge in [-0.3, -0.25) is 4.79 Å². The second-order valence-electron chi connectivity index (χ2n) is 4.29. The summed E-state index contributed by atoms with van der Waals surface area (Å²) in [6.45, 7) is 0.735. The Balaban J connectivity index is 2.13. The van der Waals surface area contributed by atoms with Gasteiger partial charge < -0.3 is 4.74 Å². The summed E-state index contributed by atoms with van der Waals surface area (Å²) in [5.74, 6) is 0. The highest BCUT2D eigenvalue weighted by Gasteiger charge is 2.21. The van der Waals surface area contributed by atoms with Crippen LogP contribution in [0.2, 0.25) is 0 Å². The molecular weight excluding hydrogens is 298 g/mol. The smallest absolute Gasteiger partial charge is 0.171 e. The molecular formula is C12H12BrN3O2. The first-order chi connectivity index (χ1) is 8.79. The van der Waals surface area contributed by atoms with Gasteiger partial charge in [0.25, 0.3) is 0 Å². The summed E-state index contributed by atoms with van der Waals surface area (Å²) in [5, 5.41) is 5.07. The van der Waals surface area contributed by atoms with Gasteiger partial charge in [-0.25, -0.2) is 9.67 Å². The molecule has 0 spiro atoms. The van der Waals surface area contributed by atoms with Crippen LogP contribution < -0.4 is 0 Å². The number of hydrogen-bond acceptors (Lipinski definition) is 4. The van der Waals surface area contributed by atoms with Crippen LogP contribution in [0.3, 0.4) is 0 Å². The summed E-state index contributed by atoms with van der Waals surface area (Å²) < 4.78 is 8.26. The molecule has 2 aromatic heterocycles. The normalized spacial score (nSPS) is 20.2. The van der Waals surface area contributed by atoms with Crippen molar-refractivity contribution >= 4 is 33.2 Å². The van der Waals surface area contributed by atoms with Gasteiger partial charge in [0.05, 0.1) is 5.39 Å². The first-order valence-corrected chi connectivity index (χ1v) is 6.69. The maximum Gasteiger partial charge on any atom is 0.171 e. The topological polar surface area (TPSA) is 57.0 Å². The number of aldehydes is 1. The third-order valence-electron chi connectivity index (χ3n) is 3.08. The largest absolute Gasteiger partial charge is 0.356 e. The number of aromatic nitrogens is 3. The summed E-state index contributed by atoms with van der Waals surface area (Å²) in [7, 11) is 0. The molecule has 0 aromatic carbocycles. The van der Waals surface area contributed by atoms with Crippen molar-refractivity contribution in [2.24, 2.45) is 0 Å². The Labute approximate surface area is 112 Å². The molecule has 0 unspecified atom stereocenters. The SMILES string of the molecule is O=Cc1nn([C@H]2CCCCO2)c2ncc(Br)cc12. The van der Waals surface area contributed by atoms with Crippen molar-refractivity contribution in [1.82, 2.24) is 14.8 Å². The minimum absolute atomic E-state index is 0.108. The average Bonchev–Trinajstić information content (AvgIpc) is 2.77. The molecule has 3 rings (SSSR count). The molecule has 1 aliphatic rings. The van der Waals surface area contributed by atoms with E-state index in [1.165, 1.54) is 0 Å². The molecule has 1 atom stereocenters. The van der Waals surface area contributed by atoms with E-state index in [0.717, 1.165) is 42.0 Å². The number of pyridine rings is 1. The fourth-order valence-electron chi connectivity index (χ4n) is 2.22. The van der Waals surface area contributed by atoms with E-state index in [0.29, 0.717) is 11.3 Å². The molecule has 0 radical (unpaired) electrons. The molecule has 2 aromatic rings. The van der Waals surface area contributed by atoms with Gasteiger partial charge >= 0.3 is 0 Å². The van der Waals surface area contributed by atoms with Gasteiger partial charge in [-0.2, -0.15) is 5.10 Å². The first kappa shape index (κ1) is 11.8. The lowest BCUT2D eigenvalue weighted by atomic mass is 10.2. The maximum atomic E-state index is 11.1. The van der Waals surface area contributed by atoms with Crippen molar-refractivity contribution in [3.63, 3.8) is 0 Å². The van der Waals surface area contributed by atoms with Crippen molar-refractivity contribution in [1.29, 1.82) is 0 Å². The molecule has 0 amide bonds. The minimum Gasteiger partial charge on any atom is -0.356 e. The zero-order valence-electron chi connectivity index (χ0n) is 9.67. The predicted octanol–water partition coefficient (Wildman–Crippen LogP) is 2.71. The lowest BCUT2D eigenvalue weighted by Gasteiger charge is -2.22. The lowest BCUT2D eigenvalue weighted by Crippen LogP contribution is -2.19. The molecule has 5 nitrogen and oxygen atoms in total. The summed E-state index contributed by atoms with van der Waals surface area (Å²) in [6.07, 6.45) is 5.46. The highest BCUT2D eigenvalue weighted by molar-refractivity contribution is 9.10. The number of nitrogens with zero attached hydrogens (tertiary/aromatic N) is 3. The zero-order chi connectivity index (χ0) is 12.5. The number of rotatable bonds is 2. The van der Waals surface area contributed by atoms with E-state index in [2.05, 4.69) is 26.0 Å². The van der Waals surface area contributed by atoms with Crippen LogP contribution in [-0.4, -0.2) is 27.7 Å². The standard InChI is InChI=1S/C12H12BrN3O2/c13-8-5-9-10(7-17)15-16(12(9)14-6-8)11-3-1-2-4-18-11/h5-7,11H,1-4H2/t11-/m1/s1. The average molecular weight is 310 g/mol. The molecule has 1 saturated heterocycles. The van der Waals surface area contributed by atoms with Gasteiger partial charge in [-0.1, -0.05) is 0 Å². The van der Waals surface area contributed by atoms with Crippen molar-refractivity contribution in [3.05, 3.63) is 22.4 Å². The minimum atomic E-state index is -0.108. The van der Waals surface area contributed by atoms with E-state index in [9.17, 15) is 4.79 Å². The predicted molar refractivity (Wildman–Crippen MR) is 69.5 cm³/mol. The number of carbonyl (C=O) groups is 1. The summed E-state index contributed by atoms with van der Waals surface area (Å²) in [5.41, 5.74) is 1.11. The number of halogens is 1. The fourth-order valence-corrected chi connectivity index (χ4v) is 2.56. The van der Waals surface area contributed by atoms with E-state index in [4.69, 9.17) is 4.74 Å². The molecule has 0 saturated carbocycles. The Bertz CT molecular complexity index is 590. The number of fused-ring (bicyclic) bond motifs is 1. The van der Waals surface area contributed by atoms with E-state index in [-0.39, 0.29) is 6.23 Å². The Morgan fingerprint density at radius 2 is 2.39 bits per heavy atom. The van der Waals surface area contributed by atoms with Crippen LogP contribution in [0.4, 0.5) is 0 Å². The highest BCUT2D eigenvalue weighted by atomic mass is 79.9. The summed E-state index contributed by atoms with van der Waals surface area (Å²) >= 11 is 3.35. The van der Waals surface area contributed by atoms with Crippen LogP contribution in [0.15, 0.2) is 16.7 Å². The quantitative estimate of drug-likeness (QED) is 0.800. The van der Waals surface area contributed by atoms with Gasteiger partial charge in [-0.05, 0) is 41.3 Å². The molecule has 0 N–H and O–H groups in total. The Morgan fingerprint density at radius 3 is 3.11 bits per heavy atom. The van der Waals surface area contributed by atoms with Crippen molar-refractivity contribution < 1.29 is 9.53 Å². The van der Waals surface area contributed by atoms with Gasteiger partial charge in [0, 0.05) is 17.3 Å². The third-order valence-corrected chi connectivity index (χ3v) is 3.52. The van der Waals surface area contributed by atoms with E-state index >= 15 is 0 Å². The van der Waals surface area contributed by atoms with Gasteiger partial charge in [0.2, 0.25) is 0 Å². The van der Waals surface area contributed by atoms with Crippen LogP contribution in [0.1, 0.15) is 36.0 Å². The van der Waals surface area contributed by atoms with E-state index in [1.54, 1.807) is 10.9 Å². The van der Waals surface area contributed by atoms with Crippen LogP contribution in [-0.2, 0) is 4.74 Å². The van der Waals surface area contributed by atoms with Crippen molar-refractivity contribution in [2.75, 3.05) is 6.61 Å². The van der Waals surface area contributed by atoms with Gasteiger partial charge in [0.15, 0.2) is 18.2 Å². The zero-order valence-corrected chi connectivity index (χ0v) is 11.3. The molecule has 1 fully saturated rings. The van der Waals surface area contributed by atoms with Crippen LogP contribution in [0, 0.1) is 0 Å². The molecule has 3 heterocycles. The monoisotopic (exact) mass is 309 g/mol. The first-order valence-electron chi connectivity index (χ1n) is 5.90. The van der Waals surface area contributed by atoms with Crippen LogP contribution in [0.25, 0.3) is 11.0 Å². The third kappa shape index (κ3) is 1.95. The van der Waals surface area contributed by atoms with E-state index < -0.39 is 0 Å². The van der Waals surface area contributed by atoms with Crippen LogP contribution >= 0.6 is 15.9 Å². The van der Waals surface area contributed by atoms with Gasteiger partial charge in [-0.15, -0.1) is 0 Å². The number of carbonyl (C=O) groups excluding carboxylic acids is 1. The second-order valence-corrected chi connectivity index (χ2v) is 5.21. The van der Waals surface area contributed by atoms with Crippen molar-refractivity contribution in [2.45, 2.75) is 25.5 Å². The molecule has 6 heteroatoms. The summed E-state index contributed by atoms with van der Waals surface area (Å²) in [4.78, 5) is 15.4. The Kier molecular flexibility index (Phi) is 3.13. The number of hydrogen-bond donors (Lipinski definition) is 0. The maximum absolute atomic E-state index is 11.1. The fraction of sp³-hybridized carbons (Fsp3) is 0.417.